The molecule has 1 saturated heterocycles. The van der Waals surface area contributed by atoms with Crippen molar-refractivity contribution in [2.24, 2.45) is 0 Å². The van der Waals surface area contributed by atoms with Gasteiger partial charge in [-0.3, -0.25) is 4.79 Å². The second-order valence-corrected chi connectivity index (χ2v) is 6.63. The zero-order chi connectivity index (χ0) is 19.6. The Labute approximate surface area is 155 Å². The van der Waals surface area contributed by atoms with Gasteiger partial charge in [0, 0.05) is 25.1 Å². The molecular weight excluding hydrogens is 355 g/mol. The Hall–Kier alpha value is -2.88. The monoisotopic (exact) mass is 373 g/mol. The minimum atomic E-state index is -4.58. The molecule has 0 saturated carbocycles. The number of aromatic nitrogens is 1. The number of carbonyl (C=O) groups is 1. The highest BCUT2D eigenvalue weighted by atomic mass is 19.4. The van der Waals surface area contributed by atoms with Gasteiger partial charge in [-0.05, 0) is 37.0 Å². The second kappa shape index (κ2) is 7.39. The molecule has 2 aromatic rings. The first kappa shape index (κ1) is 18.9. The SMILES string of the molecule is Cc1cc(C(F)(F)F)nc(-c2ccc(CN3CCCCC3=O)cc2)c1C#N. The largest absolute Gasteiger partial charge is 0.433 e. The molecule has 7 heteroatoms. The molecule has 1 fully saturated rings. The van der Waals surface area contributed by atoms with E-state index in [1.54, 1.807) is 29.2 Å². The summed E-state index contributed by atoms with van der Waals surface area (Å²) in [5, 5.41) is 9.34. The number of amides is 1. The van der Waals surface area contributed by atoms with Crippen LogP contribution in [0.4, 0.5) is 13.2 Å². The maximum absolute atomic E-state index is 13.1. The van der Waals surface area contributed by atoms with Crippen LogP contribution in [-0.2, 0) is 17.5 Å². The highest BCUT2D eigenvalue weighted by Crippen LogP contribution is 2.33. The number of hydrogen-bond acceptors (Lipinski definition) is 3. The summed E-state index contributed by atoms with van der Waals surface area (Å²) in [5.41, 5.74) is 0.688. The summed E-state index contributed by atoms with van der Waals surface area (Å²) in [4.78, 5) is 17.4. The van der Waals surface area contributed by atoms with Crippen molar-refractivity contribution in [3.63, 3.8) is 0 Å². The molecule has 27 heavy (non-hydrogen) atoms. The Bertz CT molecular complexity index is 898. The van der Waals surface area contributed by atoms with Crippen molar-refractivity contribution in [2.75, 3.05) is 6.54 Å². The zero-order valence-electron chi connectivity index (χ0n) is 14.8. The number of benzene rings is 1. The first-order chi connectivity index (χ1) is 12.8. The van der Waals surface area contributed by atoms with Crippen molar-refractivity contribution in [3.05, 3.63) is 52.7 Å². The maximum Gasteiger partial charge on any atom is 0.433 e. The number of likely N-dealkylation sites (tertiary alicyclic amines) is 1. The highest BCUT2D eigenvalue weighted by molar-refractivity contribution is 5.77. The van der Waals surface area contributed by atoms with E-state index in [4.69, 9.17) is 0 Å². The third-order valence-corrected chi connectivity index (χ3v) is 4.64. The summed E-state index contributed by atoms with van der Waals surface area (Å²) in [6.07, 6.45) is -2.15. The molecule has 2 heterocycles. The lowest BCUT2D eigenvalue weighted by Crippen LogP contribution is -2.34. The number of rotatable bonds is 3. The van der Waals surface area contributed by atoms with Crippen molar-refractivity contribution in [1.82, 2.24) is 9.88 Å². The first-order valence-electron chi connectivity index (χ1n) is 8.65. The van der Waals surface area contributed by atoms with Crippen LogP contribution in [0.1, 0.15) is 41.6 Å². The number of carbonyl (C=O) groups excluding carboxylic acids is 1. The van der Waals surface area contributed by atoms with Crippen molar-refractivity contribution >= 4 is 5.91 Å². The van der Waals surface area contributed by atoms with Gasteiger partial charge in [0.15, 0.2) is 0 Å². The fourth-order valence-electron chi connectivity index (χ4n) is 3.19. The Morgan fingerprint density at radius 1 is 1.22 bits per heavy atom. The number of piperidine rings is 1. The fourth-order valence-corrected chi connectivity index (χ4v) is 3.19. The lowest BCUT2D eigenvalue weighted by atomic mass is 10.00. The molecule has 0 unspecified atom stereocenters. The van der Waals surface area contributed by atoms with Gasteiger partial charge in [-0.25, -0.2) is 4.98 Å². The molecule has 0 spiro atoms. The summed E-state index contributed by atoms with van der Waals surface area (Å²) < 4.78 is 39.2. The second-order valence-electron chi connectivity index (χ2n) is 6.63. The number of nitrogens with zero attached hydrogens (tertiary/aromatic N) is 3. The molecule has 140 valence electrons. The van der Waals surface area contributed by atoms with Crippen molar-refractivity contribution in [3.8, 4) is 17.3 Å². The molecule has 1 aliphatic rings. The van der Waals surface area contributed by atoms with Crippen LogP contribution in [0, 0.1) is 18.3 Å². The van der Waals surface area contributed by atoms with Gasteiger partial charge in [-0.1, -0.05) is 24.3 Å². The molecule has 0 radical (unpaired) electrons. The fraction of sp³-hybridized carbons (Fsp3) is 0.350. The van der Waals surface area contributed by atoms with E-state index in [1.165, 1.54) is 6.92 Å². The van der Waals surface area contributed by atoms with Crippen LogP contribution in [0.3, 0.4) is 0 Å². The van der Waals surface area contributed by atoms with E-state index in [9.17, 15) is 23.2 Å². The quantitative estimate of drug-likeness (QED) is 0.798. The van der Waals surface area contributed by atoms with Gasteiger partial charge < -0.3 is 4.90 Å². The Morgan fingerprint density at radius 2 is 1.93 bits per heavy atom. The van der Waals surface area contributed by atoms with Gasteiger partial charge in [0.1, 0.15) is 11.8 Å². The summed E-state index contributed by atoms with van der Waals surface area (Å²) in [6, 6.07) is 9.64. The molecule has 1 aliphatic heterocycles. The molecule has 0 N–H and O–H groups in total. The topological polar surface area (TPSA) is 57.0 Å². The average Bonchev–Trinajstić information content (AvgIpc) is 2.63. The normalized spacial score (nSPS) is 14.9. The number of alkyl halides is 3. The van der Waals surface area contributed by atoms with E-state index < -0.39 is 11.9 Å². The van der Waals surface area contributed by atoms with E-state index in [-0.39, 0.29) is 22.7 Å². The minimum absolute atomic E-state index is 0.0189. The molecule has 4 nitrogen and oxygen atoms in total. The number of aryl methyl sites for hydroxylation is 1. The predicted molar refractivity (Wildman–Crippen MR) is 93.4 cm³/mol. The third-order valence-electron chi connectivity index (χ3n) is 4.64. The lowest BCUT2D eigenvalue weighted by molar-refractivity contribution is -0.141. The Kier molecular flexibility index (Phi) is 5.17. The van der Waals surface area contributed by atoms with Crippen molar-refractivity contribution in [1.29, 1.82) is 5.26 Å². The van der Waals surface area contributed by atoms with E-state index in [1.807, 2.05) is 6.07 Å². The number of pyridine rings is 1. The van der Waals surface area contributed by atoms with Gasteiger partial charge in [-0.15, -0.1) is 0 Å². The minimum Gasteiger partial charge on any atom is -0.338 e. The number of nitriles is 1. The number of hydrogen-bond donors (Lipinski definition) is 0. The van der Waals surface area contributed by atoms with Crippen LogP contribution < -0.4 is 0 Å². The van der Waals surface area contributed by atoms with Crippen LogP contribution in [0.2, 0.25) is 0 Å². The average molecular weight is 373 g/mol. The van der Waals surface area contributed by atoms with Gasteiger partial charge in [-0.2, -0.15) is 18.4 Å². The molecule has 1 aromatic heterocycles. The molecule has 0 aliphatic carbocycles. The smallest absolute Gasteiger partial charge is 0.338 e. The van der Waals surface area contributed by atoms with Gasteiger partial charge >= 0.3 is 6.18 Å². The maximum atomic E-state index is 13.1. The van der Waals surface area contributed by atoms with Crippen LogP contribution in [0.5, 0.6) is 0 Å². The van der Waals surface area contributed by atoms with Gasteiger partial charge in [0.05, 0.1) is 11.3 Å². The molecular formula is C20H18F3N3O. The predicted octanol–water partition coefficient (Wildman–Crippen LogP) is 4.46. The summed E-state index contributed by atoms with van der Waals surface area (Å²) in [6.45, 7) is 2.65. The molecule has 0 atom stereocenters. The van der Waals surface area contributed by atoms with Crippen LogP contribution in [0.25, 0.3) is 11.3 Å². The van der Waals surface area contributed by atoms with E-state index in [2.05, 4.69) is 4.98 Å². The van der Waals surface area contributed by atoms with Gasteiger partial charge in [0.25, 0.3) is 0 Å². The Morgan fingerprint density at radius 3 is 2.52 bits per heavy atom. The molecule has 1 aromatic carbocycles. The molecule has 3 rings (SSSR count). The van der Waals surface area contributed by atoms with Crippen molar-refractivity contribution < 1.29 is 18.0 Å². The van der Waals surface area contributed by atoms with Crippen LogP contribution >= 0.6 is 0 Å². The standard InChI is InChI=1S/C20H18F3N3O/c1-13-10-17(20(21,22)23)25-19(16(13)11-24)15-7-5-14(6-8-15)12-26-9-3-2-4-18(26)27/h5-8,10H,2-4,9,12H2,1H3. The summed E-state index contributed by atoms with van der Waals surface area (Å²) >= 11 is 0. The van der Waals surface area contributed by atoms with E-state index in [0.717, 1.165) is 24.5 Å². The van der Waals surface area contributed by atoms with Crippen molar-refractivity contribution in [2.45, 2.75) is 38.9 Å². The zero-order valence-corrected chi connectivity index (χ0v) is 14.8. The van der Waals surface area contributed by atoms with E-state index in [0.29, 0.717) is 25.1 Å². The lowest BCUT2D eigenvalue weighted by Gasteiger charge is -2.26. The number of halogens is 3. The first-order valence-corrected chi connectivity index (χ1v) is 8.65. The van der Waals surface area contributed by atoms with Crippen LogP contribution in [-0.4, -0.2) is 22.3 Å². The third kappa shape index (κ3) is 4.11. The molecule has 0 bridgehead atoms. The summed E-state index contributed by atoms with van der Waals surface area (Å²) in [7, 11) is 0. The van der Waals surface area contributed by atoms with Gasteiger partial charge in [0.2, 0.25) is 5.91 Å². The molecule has 1 amide bonds. The summed E-state index contributed by atoms with van der Waals surface area (Å²) in [5.74, 6) is 0.118. The Balaban J connectivity index is 1.91. The van der Waals surface area contributed by atoms with E-state index >= 15 is 0 Å². The van der Waals surface area contributed by atoms with Crippen LogP contribution in [0.15, 0.2) is 30.3 Å². The highest BCUT2D eigenvalue weighted by Gasteiger charge is 2.34.